The van der Waals surface area contributed by atoms with E-state index in [1.165, 1.54) is 23.5 Å². The van der Waals surface area contributed by atoms with E-state index in [0.29, 0.717) is 9.86 Å². The van der Waals surface area contributed by atoms with Crippen LogP contribution in [-0.2, 0) is 9.59 Å². The SMILES string of the molecule is O=C(O)CC(Sc1nc2ccc(O)cc2s1)C(=O)O. The molecule has 0 aliphatic carbocycles. The summed E-state index contributed by atoms with van der Waals surface area (Å²) in [6.07, 6.45) is -0.471. The average Bonchev–Trinajstić information content (AvgIpc) is 2.68. The molecule has 0 saturated heterocycles. The number of thioether (sulfide) groups is 1. The normalized spacial score (nSPS) is 12.4. The van der Waals surface area contributed by atoms with Crippen LogP contribution in [0.25, 0.3) is 10.2 Å². The van der Waals surface area contributed by atoms with Gasteiger partial charge in [-0.25, -0.2) is 4.98 Å². The summed E-state index contributed by atoms with van der Waals surface area (Å²) in [5.41, 5.74) is 0.643. The van der Waals surface area contributed by atoms with Crippen molar-refractivity contribution in [3.63, 3.8) is 0 Å². The largest absolute Gasteiger partial charge is 0.508 e. The Kier molecular flexibility index (Phi) is 3.91. The first-order valence-electron chi connectivity index (χ1n) is 5.16. The maximum absolute atomic E-state index is 11.0. The average molecular weight is 299 g/mol. The van der Waals surface area contributed by atoms with E-state index in [0.717, 1.165) is 16.5 Å². The summed E-state index contributed by atoms with van der Waals surface area (Å²) >= 11 is 2.12. The second-order valence-electron chi connectivity index (χ2n) is 3.67. The van der Waals surface area contributed by atoms with Crippen molar-refractivity contribution in [2.24, 2.45) is 0 Å². The number of carboxylic acid groups (broad SMARTS) is 2. The summed E-state index contributed by atoms with van der Waals surface area (Å²) in [7, 11) is 0. The third-order valence-electron chi connectivity index (χ3n) is 2.23. The molecule has 0 aliphatic rings. The minimum Gasteiger partial charge on any atom is -0.508 e. The summed E-state index contributed by atoms with van der Waals surface area (Å²) in [4.78, 5) is 25.8. The predicted molar refractivity (Wildman–Crippen MR) is 70.8 cm³/mol. The summed E-state index contributed by atoms with van der Waals surface area (Å²) < 4.78 is 1.19. The first-order chi connectivity index (χ1) is 8.95. The van der Waals surface area contributed by atoms with Gasteiger partial charge >= 0.3 is 11.9 Å². The highest BCUT2D eigenvalue weighted by Gasteiger charge is 2.24. The molecular weight excluding hydrogens is 290 g/mol. The number of aromatic hydroxyl groups is 1. The Morgan fingerprint density at radius 2 is 2.11 bits per heavy atom. The lowest BCUT2D eigenvalue weighted by atomic mass is 10.3. The van der Waals surface area contributed by atoms with Crippen molar-refractivity contribution >= 4 is 45.3 Å². The number of aliphatic carboxylic acids is 2. The minimum absolute atomic E-state index is 0.105. The monoisotopic (exact) mass is 299 g/mol. The van der Waals surface area contributed by atoms with E-state index >= 15 is 0 Å². The van der Waals surface area contributed by atoms with Gasteiger partial charge in [-0.15, -0.1) is 11.3 Å². The number of carbonyl (C=O) groups is 2. The van der Waals surface area contributed by atoms with E-state index in [1.807, 2.05) is 0 Å². The van der Waals surface area contributed by atoms with E-state index < -0.39 is 23.6 Å². The number of hydrogen-bond donors (Lipinski definition) is 3. The first-order valence-corrected chi connectivity index (χ1v) is 6.86. The third kappa shape index (κ3) is 3.36. The Morgan fingerprint density at radius 3 is 2.74 bits per heavy atom. The minimum atomic E-state index is -1.19. The van der Waals surface area contributed by atoms with Crippen LogP contribution in [0.15, 0.2) is 22.5 Å². The van der Waals surface area contributed by atoms with Crippen LogP contribution in [0.1, 0.15) is 6.42 Å². The second kappa shape index (κ2) is 5.45. The van der Waals surface area contributed by atoms with Crippen LogP contribution in [0, 0.1) is 0 Å². The Labute approximate surface area is 115 Å². The van der Waals surface area contributed by atoms with Crippen LogP contribution in [0.5, 0.6) is 5.75 Å². The lowest BCUT2D eigenvalue weighted by Crippen LogP contribution is -2.20. The van der Waals surface area contributed by atoms with Crippen LogP contribution < -0.4 is 0 Å². The summed E-state index contributed by atoms with van der Waals surface area (Å²) in [6.45, 7) is 0. The van der Waals surface area contributed by atoms with Gasteiger partial charge in [0.15, 0.2) is 4.34 Å². The van der Waals surface area contributed by atoms with Crippen LogP contribution in [0.3, 0.4) is 0 Å². The molecule has 0 radical (unpaired) electrons. The van der Waals surface area contributed by atoms with Crippen molar-refractivity contribution < 1.29 is 24.9 Å². The van der Waals surface area contributed by atoms with Crippen LogP contribution in [0.2, 0.25) is 0 Å². The quantitative estimate of drug-likeness (QED) is 0.725. The van der Waals surface area contributed by atoms with Crippen molar-refractivity contribution in [3.8, 4) is 5.75 Å². The van der Waals surface area contributed by atoms with E-state index in [1.54, 1.807) is 6.07 Å². The van der Waals surface area contributed by atoms with Gasteiger partial charge in [0.25, 0.3) is 0 Å². The molecule has 1 unspecified atom stereocenters. The van der Waals surface area contributed by atoms with Crippen molar-refractivity contribution in [3.05, 3.63) is 18.2 Å². The summed E-state index contributed by atoms with van der Waals surface area (Å²) in [5, 5.41) is 25.9. The Hall–Kier alpha value is -1.80. The summed E-state index contributed by atoms with van der Waals surface area (Å²) in [5.74, 6) is -2.25. The van der Waals surface area contributed by atoms with Crippen molar-refractivity contribution in [2.45, 2.75) is 16.0 Å². The number of benzene rings is 1. The molecule has 0 fully saturated rings. The van der Waals surface area contributed by atoms with Crippen LogP contribution in [-0.4, -0.2) is 37.5 Å². The maximum atomic E-state index is 11.0. The number of carboxylic acids is 2. The zero-order valence-corrected chi connectivity index (χ0v) is 11.1. The molecule has 100 valence electrons. The topological polar surface area (TPSA) is 108 Å². The molecule has 8 heteroatoms. The van der Waals surface area contributed by atoms with Gasteiger partial charge in [0.05, 0.1) is 16.6 Å². The number of nitrogens with zero attached hydrogens (tertiary/aromatic N) is 1. The molecule has 1 atom stereocenters. The van der Waals surface area contributed by atoms with Gasteiger partial charge in [-0.2, -0.15) is 0 Å². The van der Waals surface area contributed by atoms with Gasteiger partial charge in [-0.1, -0.05) is 11.8 Å². The van der Waals surface area contributed by atoms with E-state index in [4.69, 9.17) is 10.2 Å². The van der Waals surface area contributed by atoms with Gasteiger partial charge in [0.1, 0.15) is 11.0 Å². The van der Waals surface area contributed by atoms with Gasteiger partial charge in [0.2, 0.25) is 0 Å². The number of rotatable bonds is 5. The Bertz CT molecular complexity index is 639. The molecule has 1 aromatic heterocycles. The van der Waals surface area contributed by atoms with E-state index in [-0.39, 0.29) is 5.75 Å². The molecule has 0 bridgehead atoms. The van der Waals surface area contributed by atoms with Gasteiger partial charge in [0, 0.05) is 0 Å². The molecule has 2 aromatic rings. The predicted octanol–water partition coefficient (Wildman–Crippen LogP) is 2.02. The molecule has 1 heterocycles. The molecule has 1 aromatic carbocycles. The molecule has 0 amide bonds. The fraction of sp³-hybridized carbons (Fsp3) is 0.182. The van der Waals surface area contributed by atoms with Gasteiger partial charge in [-0.05, 0) is 18.2 Å². The van der Waals surface area contributed by atoms with Crippen LogP contribution >= 0.6 is 23.1 Å². The molecule has 6 nitrogen and oxygen atoms in total. The zero-order valence-electron chi connectivity index (χ0n) is 9.44. The molecule has 0 aliphatic heterocycles. The Morgan fingerprint density at radius 1 is 1.37 bits per heavy atom. The maximum Gasteiger partial charge on any atom is 0.317 e. The fourth-order valence-corrected chi connectivity index (χ4v) is 3.66. The molecule has 0 saturated carbocycles. The molecule has 0 spiro atoms. The number of phenolic OH excluding ortho intramolecular Hbond substituents is 1. The fourth-order valence-electron chi connectivity index (χ4n) is 1.40. The standard InChI is InChI=1S/C11H9NO5S2/c13-5-1-2-6-7(3-5)18-11(12-6)19-8(10(16)17)4-9(14)15/h1-3,8,13H,4H2,(H,14,15)(H,16,17). The molecule has 2 rings (SSSR count). The van der Waals surface area contributed by atoms with Gasteiger partial charge < -0.3 is 15.3 Å². The number of thiazole rings is 1. The summed E-state index contributed by atoms with van der Waals surface area (Å²) in [6, 6.07) is 4.64. The number of fused-ring (bicyclic) bond motifs is 1. The number of hydrogen-bond acceptors (Lipinski definition) is 6. The first kappa shape index (κ1) is 13.6. The Balaban J connectivity index is 2.23. The highest BCUT2D eigenvalue weighted by atomic mass is 32.2. The highest BCUT2D eigenvalue weighted by Crippen LogP contribution is 2.34. The lowest BCUT2D eigenvalue weighted by molar-refractivity contribution is -0.142. The number of phenols is 1. The molecule has 19 heavy (non-hydrogen) atoms. The van der Waals surface area contributed by atoms with Crippen molar-refractivity contribution in [1.29, 1.82) is 0 Å². The zero-order chi connectivity index (χ0) is 14.0. The number of aromatic nitrogens is 1. The van der Waals surface area contributed by atoms with E-state index in [9.17, 15) is 14.7 Å². The third-order valence-corrected chi connectivity index (χ3v) is 4.53. The van der Waals surface area contributed by atoms with Gasteiger partial charge in [-0.3, -0.25) is 9.59 Å². The van der Waals surface area contributed by atoms with Crippen molar-refractivity contribution in [1.82, 2.24) is 4.98 Å². The highest BCUT2D eigenvalue weighted by molar-refractivity contribution is 8.02. The molecule has 3 N–H and O–H groups in total. The molecular formula is C11H9NO5S2. The lowest BCUT2D eigenvalue weighted by Gasteiger charge is -2.06. The second-order valence-corrected chi connectivity index (χ2v) is 6.15. The van der Waals surface area contributed by atoms with E-state index in [2.05, 4.69) is 4.98 Å². The smallest absolute Gasteiger partial charge is 0.317 e. The van der Waals surface area contributed by atoms with Crippen molar-refractivity contribution in [2.75, 3.05) is 0 Å². The van der Waals surface area contributed by atoms with Crippen LogP contribution in [0.4, 0.5) is 0 Å².